The summed E-state index contributed by atoms with van der Waals surface area (Å²) in [5.41, 5.74) is -1.56. The number of ether oxygens (including phenoxy) is 3. The van der Waals surface area contributed by atoms with Crippen molar-refractivity contribution in [3.8, 4) is 0 Å². The van der Waals surface area contributed by atoms with E-state index in [0.717, 1.165) is 32.1 Å². The summed E-state index contributed by atoms with van der Waals surface area (Å²) in [5.74, 6) is -1.07. The molecule has 0 spiro atoms. The van der Waals surface area contributed by atoms with Crippen LogP contribution in [0.1, 0.15) is 84.5 Å². The molecule has 7 atom stereocenters. The van der Waals surface area contributed by atoms with Gasteiger partial charge in [0.1, 0.15) is 17.9 Å². The van der Waals surface area contributed by atoms with Crippen LogP contribution in [0.15, 0.2) is 24.3 Å². The third-order valence-electron chi connectivity index (χ3n) is 6.98. The molecule has 0 aromatic heterocycles. The summed E-state index contributed by atoms with van der Waals surface area (Å²) in [6.45, 7) is 4.21. The Morgan fingerprint density at radius 1 is 1.24 bits per heavy atom. The van der Waals surface area contributed by atoms with Gasteiger partial charge in [-0.15, -0.1) is 0 Å². The van der Waals surface area contributed by atoms with Gasteiger partial charge in [0, 0.05) is 18.9 Å². The molecule has 0 bridgehead atoms. The third-order valence-corrected chi connectivity index (χ3v) is 6.98. The van der Waals surface area contributed by atoms with Crippen LogP contribution in [-0.4, -0.2) is 55.1 Å². The van der Waals surface area contributed by atoms with E-state index in [1.54, 1.807) is 19.1 Å². The van der Waals surface area contributed by atoms with Gasteiger partial charge in [0.05, 0.1) is 13.2 Å². The molecular formula is C27H44F2O5. The van der Waals surface area contributed by atoms with Crippen LogP contribution in [0.3, 0.4) is 0 Å². The number of alkyl halides is 2. The zero-order valence-corrected chi connectivity index (χ0v) is 21.1. The fourth-order valence-corrected chi connectivity index (χ4v) is 4.81. The molecule has 1 saturated heterocycles. The molecule has 2 aliphatic rings. The van der Waals surface area contributed by atoms with Gasteiger partial charge in [0.15, 0.2) is 6.29 Å². The molecule has 2 fully saturated rings. The Balaban J connectivity index is 2.03. The molecule has 1 N–H and O–H groups in total. The lowest BCUT2D eigenvalue weighted by Crippen LogP contribution is -2.40. The fourth-order valence-electron chi connectivity index (χ4n) is 4.81. The number of carbonyl (C=O) groups excluding carboxylic acids is 1. The summed E-state index contributed by atoms with van der Waals surface area (Å²) in [7, 11) is 1.35. The minimum absolute atomic E-state index is 0.204. The van der Waals surface area contributed by atoms with Gasteiger partial charge in [-0.1, -0.05) is 44.1 Å². The van der Waals surface area contributed by atoms with Crippen molar-refractivity contribution >= 4 is 5.97 Å². The summed E-state index contributed by atoms with van der Waals surface area (Å²) in [5, 5.41) is 10.4. The molecule has 0 amide bonds. The maximum absolute atomic E-state index is 15.6. The van der Waals surface area contributed by atoms with Crippen LogP contribution in [0.25, 0.3) is 0 Å². The predicted octanol–water partition coefficient (Wildman–Crippen LogP) is 6.00. The van der Waals surface area contributed by atoms with E-state index in [2.05, 4.69) is 4.74 Å². The van der Waals surface area contributed by atoms with Crippen LogP contribution in [0, 0.1) is 11.8 Å². The van der Waals surface area contributed by atoms with Crippen molar-refractivity contribution in [2.24, 2.45) is 11.8 Å². The number of aliphatic hydroxyl groups excluding tert-OH is 1. The first-order valence-electron chi connectivity index (χ1n) is 13.0. The summed E-state index contributed by atoms with van der Waals surface area (Å²) in [6.07, 6.45) is 10.8. The summed E-state index contributed by atoms with van der Waals surface area (Å²) >= 11 is 0. The number of hydrogen-bond donors (Lipinski definition) is 1. The van der Waals surface area contributed by atoms with Crippen LogP contribution in [0.5, 0.6) is 0 Å². The highest BCUT2D eigenvalue weighted by molar-refractivity contribution is 5.69. The standard InChI is InChI=1S/C27H44F2O5/c1-4-5-18-27(2,29)23(34-25-13-9-10-19-33-25)17-15-20-14-16-22(30)26(20)21(28)11-7-6-8-12-24(31)32-3/h7,11,15,17,20-23,25-26,30H,4-6,8-10,12-14,16,18-19H2,1-3H3/b11-7-,17-15+/t20-,21?,22+,23-,25?,26+,27?/m1/s1. The second kappa shape index (κ2) is 14.9. The van der Waals surface area contributed by atoms with E-state index in [1.807, 2.05) is 13.0 Å². The minimum atomic E-state index is -1.56. The van der Waals surface area contributed by atoms with E-state index in [4.69, 9.17) is 9.47 Å². The summed E-state index contributed by atoms with van der Waals surface area (Å²) in [4.78, 5) is 11.2. The molecule has 5 nitrogen and oxygen atoms in total. The Kier molecular flexibility index (Phi) is 12.7. The normalized spacial score (nSPS) is 29.4. The molecule has 1 aliphatic heterocycles. The van der Waals surface area contributed by atoms with E-state index in [1.165, 1.54) is 13.2 Å². The van der Waals surface area contributed by atoms with Crippen molar-refractivity contribution in [1.82, 2.24) is 0 Å². The van der Waals surface area contributed by atoms with Crippen LogP contribution >= 0.6 is 0 Å². The number of unbranched alkanes of at least 4 members (excludes halogenated alkanes) is 2. The van der Waals surface area contributed by atoms with E-state index in [0.29, 0.717) is 45.1 Å². The number of hydrogen-bond acceptors (Lipinski definition) is 5. The predicted molar refractivity (Wildman–Crippen MR) is 129 cm³/mol. The molecule has 0 aromatic carbocycles. The van der Waals surface area contributed by atoms with Crippen molar-refractivity contribution in [2.75, 3.05) is 13.7 Å². The van der Waals surface area contributed by atoms with Crippen molar-refractivity contribution in [3.63, 3.8) is 0 Å². The number of aliphatic hydroxyl groups is 1. The first kappa shape index (κ1) is 28.9. The van der Waals surface area contributed by atoms with Crippen LogP contribution in [0.2, 0.25) is 0 Å². The Morgan fingerprint density at radius 2 is 2.03 bits per heavy atom. The highest BCUT2D eigenvalue weighted by Crippen LogP contribution is 2.38. The molecule has 7 heteroatoms. The zero-order chi connectivity index (χ0) is 25.0. The lowest BCUT2D eigenvalue weighted by atomic mass is 9.87. The lowest BCUT2D eigenvalue weighted by Gasteiger charge is -2.33. The molecule has 196 valence electrons. The molecule has 0 radical (unpaired) electrons. The number of methoxy groups -OCH3 is 1. The topological polar surface area (TPSA) is 65.0 Å². The average Bonchev–Trinajstić information content (AvgIpc) is 3.20. The fraction of sp³-hybridized carbons (Fsp3) is 0.815. The summed E-state index contributed by atoms with van der Waals surface area (Å²) in [6, 6.07) is 0. The molecule has 1 saturated carbocycles. The first-order chi connectivity index (χ1) is 16.3. The quantitative estimate of drug-likeness (QED) is 0.185. The Hall–Kier alpha value is -1.31. The van der Waals surface area contributed by atoms with E-state index in [-0.39, 0.29) is 11.9 Å². The van der Waals surface area contributed by atoms with Crippen LogP contribution in [-0.2, 0) is 19.0 Å². The van der Waals surface area contributed by atoms with E-state index in [9.17, 15) is 9.90 Å². The monoisotopic (exact) mass is 486 g/mol. The number of allylic oxidation sites excluding steroid dienone is 3. The van der Waals surface area contributed by atoms with E-state index < -0.39 is 36.3 Å². The van der Waals surface area contributed by atoms with Crippen molar-refractivity contribution in [3.05, 3.63) is 24.3 Å². The number of rotatable bonds is 14. The maximum atomic E-state index is 15.6. The molecule has 3 unspecified atom stereocenters. The molecule has 2 rings (SSSR count). The van der Waals surface area contributed by atoms with Gasteiger partial charge >= 0.3 is 5.97 Å². The van der Waals surface area contributed by atoms with Gasteiger partial charge in [-0.2, -0.15) is 0 Å². The molecular weight excluding hydrogens is 442 g/mol. The second-order valence-corrected chi connectivity index (χ2v) is 9.85. The first-order valence-corrected chi connectivity index (χ1v) is 13.0. The van der Waals surface area contributed by atoms with Crippen LogP contribution in [0.4, 0.5) is 8.78 Å². The van der Waals surface area contributed by atoms with Gasteiger partial charge < -0.3 is 19.3 Å². The van der Waals surface area contributed by atoms with Gasteiger partial charge in [-0.3, -0.25) is 4.79 Å². The van der Waals surface area contributed by atoms with Gasteiger partial charge in [0.25, 0.3) is 0 Å². The smallest absolute Gasteiger partial charge is 0.305 e. The van der Waals surface area contributed by atoms with Crippen LogP contribution < -0.4 is 0 Å². The largest absolute Gasteiger partial charge is 0.469 e. The minimum Gasteiger partial charge on any atom is -0.469 e. The van der Waals surface area contributed by atoms with Crippen molar-refractivity contribution < 1.29 is 32.9 Å². The second-order valence-electron chi connectivity index (χ2n) is 9.85. The number of esters is 1. The molecule has 1 aliphatic carbocycles. The lowest BCUT2D eigenvalue weighted by molar-refractivity contribution is -0.201. The Labute approximate surface area is 203 Å². The highest BCUT2D eigenvalue weighted by atomic mass is 19.1. The SMILES string of the molecule is CCCCC(C)(F)[C@@H](/C=C/[C@H]1CC[C@H](O)[C@@H]1C(F)/C=C\CCCC(=O)OC)OC1CCCCO1. The van der Waals surface area contributed by atoms with E-state index >= 15 is 8.78 Å². The number of halogens is 2. The van der Waals surface area contributed by atoms with Crippen molar-refractivity contribution in [2.45, 2.75) is 115 Å². The molecule has 34 heavy (non-hydrogen) atoms. The summed E-state index contributed by atoms with van der Waals surface area (Å²) < 4.78 is 47.0. The van der Waals surface area contributed by atoms with Gasteiger partial charge in [-0.25, -0.2) is 8.78 Å². The van der Waals surface area contributed by atoms with Gasteiger partial charge in [0.2, 0.25) is 0 Å². The Morgan fingerprint density at radius 3 is 2.71 bits per heavy atom. The maximum Gasteiger partial charge on any atom is 0.305 e. The van der Waals surface area contributed by atoms with Crippen molar-refractivity contribution in [1.29, 1.82) is 0 Å². The zero-order valence-electron chi connectivity index (χ0n) is 21.1. The molecule has 0 aromatic rings. The third kappa shape index (κ3) is 9.38. The number of carbonyl (C=O) groups is 1. The average molecular weight is 487 g/mol. The highest BCUT2D eigenvalue weighted by Gasteiger charge is 2.40. The van der Waals surface area contributed by atoms with Gasteiger partial charge in [-0.05, 0) is 64.2 Å². The molecule has 1 heterocycles. The Bertz CT molecular complexity index is 645.